The van der Waals surface area contributed by atoms with Crippen LogP contribution >= 0.6 is 11.5 Å². The predicted molar refractivity (Wildman–Crippen MR) is 115 cm³/mol. The number of hydrogen-bond donors (Lipinski definition) is 0. The van der Waals surface area contributed by atoms with Crippen molar-refractivity contribution in [2.75, 3.05) is 51.3 Å². The van der Waals surface area contributed by atoms with Crippen LogP contribution in [0.2, 0.25) is 0 Å². The maximum Gasteiger partial charge on any atom is 0.245 e. The molecular weight excluding hydrogens is 386 g/mol. The number of carbonyl (C=O) groups excluding carboxylic acids is 1. The molecule has 0 aliphatic carbocycles. The number of rotatable bonds is 6. The molecule has 1 amide bonds. The van der Waals surface area contributed by atoms with Gasteiger partial charge in [0.05, 0.1) is 7.11 Å². The molecule has 1 atom stereocenters. The van der Waals surface area contributed by atoms with E-state index in [1.54, 1.807) is 7.11 Å². The largest absolute Gasteiger partial charge is 0.497 e. The summed E-state index contributed by atoms with van der Waals surface area (Å²) in [6.07, 6.45) is 2.59. The molecule has 0 spiro atoms. The van der Waals surface area contributed by atoms with E-state index in [2.05, 4.69) is 27.2 Å². The zero-order valence-corrected chi connectivity index (χ0v) is 18.0. The van der Waals surface area contributed by atoms with Gasteiger partial charge >= 0.3 is 0 Å². The minimum Gasteiger partial charge on any atom is -0.497 e. The molecule has 2 fully saturated rings. The van der Waals surface area contributed by atoms with Crippen LogP contribution in [0.5, 0.6) is 5.75 Å². The van der Waals surface area contributed by atoms with Crippen LogP contribution in [0, 0.1) is 0 Å². The number of benzene rings is 1. The van der Waals surface area contributed by atoms with Gasteiger partial charge < -0.3 is 19.4 Å². The lowest BCUT2D eigenvalue weighted by molar-refractivity contribution is -0.134. The van der Waals surface area contributed by atoms with Gasteiger partial charge in [-0.15, -0.1) is 0 Å². The highest BCUT2D eigenvalue weighted by Gasteiger charge is 2.36. The van der Waals surface area contributed by atoms with E-state index in [-0.39, 0.29) is 11.9 Å². The lowest BCUT2D eigenvalue weighted by atomic mass is 10.1. The molecule has 2 aliphatic rings. The number of amides is 1. The normalized spacial score (nSPS) is 20.3. The van der Waals surface area contributed by atoms with E-state index in [4.69, 9.17) is 9.72 Å². The quantitative estimate of drug-likeness (QED) is 0.721. The molecule has 7 nitrogen and oxygen atoms in total. The Hall–Kier alpha value is -2.19. The van der Waals surface area contributed by atoms with Gasteiger partial charge in [-0.25, -0.2) is 4.98 Å². The molecule has 2 aromatic rings. The number of aromatic nitrogens is 2. The summed E-state index contributed by atoms with van der Waals surface area (Å²) >= 11 is 1.40. The summed E-state index contributed by atoms with van der Waals surface area (Å²) < 4.78 is 9.85. The molecule has 0 bridgehead atoms. The smallest absolute Gasteiger partial charge is 0.245 e. The van der Waals surface area contributed by atoms with Crippen LogP contribution in [-0.4, -0.2) is 77.5 Å². The highest BCUT2D eigenvalue weighted by atomic mass is 32.1. The molecule has 0 radical (unpaired) electrons. The molecule has 4 rings (SSSR count). The molecule has 8 heteroatoms. The highest BCUT2D eigenvalue weighted by Crippen LogP contribution is 2.29. The molecule has 1 unspecified atom stereocenters. The minimum atomic E-state index is -0.0965. The van der Waals surface area contributed by atoms with Crippen LogP contribution in [0.3, 0.4) is 0 Å². The standard InChI is InChI=1S/C21H29N5O2S/c1-3-24-10-12-25(13-11-24)20(27)18-8-5-9-26(18)21-22-19(23-29-21)15-16-6-4-7-17(14-16)28-2/h4,6-7,14,18H,3,5,8-13,15H2,1-2H3. The number of ether oxygens (including phenoxy) is 1. The van der Waals surface area contributed by atoms with E-state index in [9.17, 15) is 4.79 Å². The third-order valence-corrected chi connectivity index (χ3v) is 6.66. The average Bonchev–Trinajstić information content (AvgIpc) is 3.43. The molecule has 2 aliphatic heterocycles. The molecule has 29 heavy (non-hydrogen) atoms. The molecule has 2 saturated heterocycles. The first-order valence-electron chi connectivity index (χ1n) is 10.4. The Morgan fingerprint density at radius 2 is 2.07 bits per heavy atom. The fraction of sp³-hybridized carbons (Fsp3) is 0.571. The monoisotopic (exact) mass is 415 g/mol. The Morgan fingerprint density at radius 1 is 1.24 bits per heavy atom. The third kappa shape index (κ3) is 4.53. The molecule has 0 N–H and O–H groups in total. The van der Waals surface area contributed by atoms with E-state index in [1.165, 1.54) is 11.5 Å². The maximum atomic E-state index is 13.2. The second-order valence-electron chi connectivity index (χ2n) is 7.63. The number of methoxy groups -OCH3 is 1. The summed E-state index contributed by atoms with van der Waals surface area (Å²) in [6.45, 7) is 7.70. The molecule has 156 valence electrons. The van der Waals surface area contributed by atoms with Crippen LogP contribution in [-0.2, 0) is 11.2 Å². The summed E-state index contributed by atoms with van der Waals surface area (Å²) in [7, 11) is 1.67. The van der Waals surface area contributed by atoms with Gasteiger partial charge in [0.15, 0.2) is 0 Å². The average molecular weight is 416 g/mol. The first-order valence-corrected chi connectivity index (χ1v) is 11.2. The summed E-state index contributed by atoms with van der Waals surface area (Å²) in [5, 5.41) is 0.867. The van der Waals surface area contributed by atoms with Crippen molar-refractivity contribution in [1.29, 1.82) is 0 Å². The predicted octanol–water partition coefficient (Wildman–Crippen LogP) is 2.27. The van der Waals surface area contributed by atoms with Gasteiger partial charge in [-0.1, -0.05) is 19.1 Å². The summed E-state index contributed by atoms with van der Waals surface area (Å²) in [6, 6.07) is 7.89. The Morgan fingerprint density at radius 3 is 2.83 bits per heavy atom. The van der Waals surface area contributed by atoms with E-state index < -0.39 is 0 Å². The van der Waals surface area contributed by atoms with Crippen molar-refractivity contribution in [3.63, 3.8) is 0 Å². The molecule has 1 aromatic heterocycles. The Bertz CT molecular complexity index is 834. The van der Waals surface area contributed by atoms with Gasteiger partial charge in [0.25, 0.3) is 0 Å². The van der Waals surface area contributed by atoms with Crippen molar-refractivity contribution < 1.29 is 9.53 Å². The van der Waals surface area contributed by atoms with Gasteiger partial charge in [0.1, 0.15) is 17.6 Å². The first kappa shape index (κ1) is 20.1. The van der Waals surface area contributed by atoms with Crippen LogP contribution in [0.15, 0.2) is 24.3 Å². The lowest BCUT2D eigenvalue weighted by Gasteiger charge is -2.36. The second-order valence-corrected chi connectivity index (χ2v) is 8.36. The fourth-order valence-corrected chi connectivity index (χ4v) is 4.91. The van der Waals surface area contributed by atoms with Gasteiger partial charge in [-0.3, -0.25) is 4.79 Å². The van der Waals surface area contributed by atoms with Crippen molar-refractivity contribution in [1.82, 2.24) is 19.2 Å². The van der Waals surface area contributed by atoms with E-state index in [0.29, 0.717) is 6.42 Å². The Balaban J connectivity index is 1.42. The summed E-state index contributed by atoms with van der Waals surface area (Å²) in [4.78, 5) is 24.5. The number of anilines is 1. The maximum absolute atomic E-state index is 13.2. The van der Waals surface area contributed by atoms with Crippen molar-refractivity contribution in [3.05, 3.63) is 35.7 Å². The first-order chi connectivity index (χ1) is 14.2. The minimum absolute atomic E-state index is 0.0965. The highest BCUT2D eigenvalue weighted by molar-refractivity contribution is 7.09. The molecular formula is C21H29N5O2S. The fourth-order valence-electron chi connectivity index (χ4n) is 4.15. The van der Waals surface area contributed by atoms with Gasteiger partial charge in [0, 0.05) is 50.7 Å². The lowest BCUT2D eigenvalue weighted by Crippen LogP contribution is -2.53. The molecule has 3 heterocycles. The van der Waals surface area contributed by atoms with Gasteiger partial charge in [-0.05, 0) is 37.1 Å². The number of carbonyl (C=O) groups is 1. The van der Waals surface area contributed by atoms with E-state index >= 15 is 0 Å². The Labute approximate surface area is 176 Å². The topological polar surface area (TPSA) is 61.8 Å². The zero-order valence-electron chi connectivity index (χ0n) is 17.2. The van der Waals surface area contributed by atoms with Crippen molar-refractivity contribution in [2.45, 2.75) is 32.2 Å². The van der Waals surface area contributed by atoms with Crippen LogP contribution in [0.25, 0.3) is 0 Å². The zero-order chi connectivity index (χ0) is 20.2. The van der Waals surface area contributed by atoms with Crippen LogP contribution < -0.4 is 9.64 Å². The SMILES string of the molecule is CCN1CCN(C(=O)C2CCCN2c2nc(Cc3cccc(OC)c3)ns2)CC1. The van der Waals surface area contributed by atoms with Crippen molar-refractivity contribution in [3.8, 4) is 5.75 Å². The van der Waals surface area contributed by atoms with Crippen molar-refractivity contribution >= 4 is 22.6 Å². The number of piperazine rings is 1. The van der Waals surface area contributed by atoms with Gasteiger partial charge in [0.2, 0.25) is 11.0 Å². The summed E-state index contributed by atoms with van der Waals surface area (Å²) in [5.74, 6) is 1.89. The number of likely N-dealkylation sites (N-methyl/N-ethyl adjacent to an activating group) is 1. The number of hydrogen-bond acceptors (Lipinski definition) is 7. The second kappa shape index (κ2) is 9.09. The van der Waals surface area contributed by atoms with E-state index in [1.807, 2.05) is 23.1 Å². The third-order valence-electron chi connectivity index (χ3n) is 5.87. The van der Waals surface area contributed by atoms with Crippen LogP contribution in [0.4, 0.5) is 5.13 Å². The van der Waals surface area contributed by atoms with Crippen molar-refractivity contribution in [2.24, 2.45) is 0 Å². The summed E-state index contributed by atoms with van der Waals surface area (Å²) in [5.41, 5.74) is 1.12. The van der Waals surface area contributed by atoms with Crippen LogP contribution in [0.1, 0.15) is 31.2 Å². The van der Waals surface area contributed by atoms with E-state index in [0.717, 1.165) is 74.4 Å². The van der Waals surface area contributed by atoms with Gasteiger partial charge in [-0.2, -0.15) is 4.37 Å². The Kier molecular flexibility index (Phi) is 6.30. The molecule has 1 aromatic carbocycles. The number of nitrogens with zero attached hydrogens (tertiary/aromatic N) is 5. The molecule has 0 saturated carbocycles.